The molecular weight excluding hydrogens is 428 g/mol. The Bertz CT molecular complexity index is 1410. The maximum atomic E-state index is 12.6. The van der Waals surface area contributed by atoms with Gasteiger partial charge in [0, 0.05) is 46.6 Å². The molecule has 2 aromatic heterocycles. The Morgan fingerprint density at radius 3 is 2.79 bits per heavy atom. The molecule has 0 saturated heterocycles. The van der Waals surface area contributed by atoms with Gasteiger partial charge in [0.15, 0.2) is 0 Å². The van der Waals surface area contributed by atoms with E-state index >= 15 is 0 Å². The second kappa shape index (κ2) is 10.00. The third-order valence-electron chi connectivity index (χ3n) is 5.95. The van der Waals surface area contributed by atoms with Gasteiger partial charge in [-0.1, -0.05) is 24.8 Å². The summed E-state index contributed by atoms with van der Waals surface area (Å²) >= 11 is 0. The largest absolute Gasteiger partial charge is 0.489 e. The predicted molar refractivity (Wildman–Crippen MR) is 135 cm³/mol. The number of carbonyl (C=O) groups is 1. The summed E-state index contributed by atoms with van der Waals surface area (Å²) in [5, 5.41) is 5.06. The Balaban J connectivity index is 1.40. The summed E-state index contributed by atoms with van der Waals surface area (Å²) in [7, 11) is 0. The van der Waals surface area contributed by atoms with Gasteiger partial charge in [-0.05, 0) is 68.5 Å². The molecule has 176 valence electrons. The summed E-state index contributed by atoms with van der Waals surface area (Å²) in [6, 6.07) is 13.5. The average molecular weight is 459 g/mol. The molecule has 2 heterocycles. The van der Waals surface area contributed by atoms with Crippen LogP contribution in [0.15, 0.2) is 70.0 Å². The number of aryl methyl sites for hydroxylation is 1. The van der Waals surface area contributed by atoms with Crippen molar-refractivity contribution >= 4 is 27.8 Å². The first kappa shape index (κ1) is 23.4. The number of H-pyrrole nitrogens is 1. The number of amides is 1. The molecule has 0 aliphatic heterocycles. The van der Waals surface area contributed by atoms with Gasteiger partial charge in [0.2, 0.25) is 5.91 Å². The minimum Gasteiger partial charge on any atom is -0.489 e. The van der Waals surface area contributed by atoms with Gasteiger partial charge in [0.1, 0.15) is 17.9 Å². The topological polar surface area (TPSA) is 84.3 Å². The molecular formula is C28H30N2O4. The lowest BCUT2D eigenvalue weighted by molar-refractivity contribution is -0.121. The summed E-state index contributed by atoms with van der Waals surface area (Å²) in [5.41, 5.74) is 4.58. The van der Waals surface area contributed by atoms with Crippen molar-refractivity contribution in [2.75, 3.05) is 6.61 Å². The van der Waals surface area contributed by atoms with Crippen molar-refractivity contribution < 1.29 is 13.9 Å². The van der Waals surface area contributed by atoms with E-state index in [4.69, 9.17) is 9.15 Å². The summed E-state index contributed by atoms with van der Waals surface area (Å²) < 4.78 is 11.2. The lowest BCUT2D eigenvalue weighted by atomic mass is 10.0. The van der Waals surface area contributed by atoms with E-state index in [1.807, 2.05) is 57.3 Å². The van der Waals surface area contributed by atoms with Crippen LogP contribution in [0.3, 0.4) is 0 Å². The van der Waals surface area contributed by atoms with Crippen LogP contribution in [0.1, 0.15) is 37.0 Å². The van der Waals surface area contributed by atoms with Gasteiger partial charge in [-0.3, -0.25) is 4.79 Å². The third kappa shape index (κ3) is 5.22. The van der Waals surface area contributed by atoms with Gasteiger partial charge >= 0.3 is 5.63 Å². The molecule has 6 nitrogen and oxygen atoms in total. The fourth-order valence-corrected chi connectivity index (χ4v) is 4.23. The lowest BCUT2D eigenvalue weighted by Gasteiger charge is -2.14. The highest BCUT2D eigenvalue weighted by Gasteiger charge is 2.16. The highest BCUT2D eigenvalue weighted by atomic mass is 16.5. The SMILES string of the molecule is C=C(C)COc1ccc2c(C)c(CCC(=O)N[C@H](C)Cc3c[nH]c4ccccc34)c(=O)oc2c1. The van der Waals surface area contributed by atoms with Crippen molar-refractivity contribution in [2.24, 2.45) is 0 Å². The van der Waals surface area contributed by atoms with E-state index in [1.54, 1.807) is 6.07 Å². The zero-order valence-corrected chi connectivity index (χ0v) is 19.9. The number of ether oxygens (including phenoxy) is 1. The molecule has 1 atom stereocenters. The Kier molecular flexibility index (Phi) is 6.87. The van der Waals surface area contributed by atoms with E-state index in [0.717, 1.165) is 28.5 Å². The lowest BCUT2D eigenvalue weighted by Crippen LogP contribution is -2.34. The Labute approximate surface area is 198 Å². The smallest absolute Gasteiger partial charge is 0.339 e. The van der Waals surface area contributed by atoms with Crippen LogP contribution in [0, 0.1) is 6.92 Å². The number of aromatic amines is 1. The van der Waals surface area contributed by atoms with E-state index in [0.29, 0.717) is 29.9 Å². The van der Waals surface area contributed by atoms with Crippen molar-refractivity contribution in [1.29, 1.82) is 0 Å². The third-order valence-corrected chi connectivity index (χ3v) is 5.95. The van der Waals surface area contributed by atoms with Crippen molar-refractivity contribution in [1.82, 2.24) is 10.3 Å². The number of nitrogens with one attached hydrogen (secondary N) is 2. The molecule has 4 rings (SSSR count). The molecule has 0 bridgehead atoms. The van der Waals surface area contributed by atoms with E-state index in [-0.39, 0.29) is 18.4 Å². The Morgan fingerprint density at radius 2 is 2.00 bits per heavy atom. The van der Waals surface area contributed by atoms with Gasteiger partial charge < -0.3 is 19.5 Å². The Hall–Kier alpha value is -3.80. The minimum absolute atomic E-state index is 0.0292. The van der Waals surface area contributed by atoms with Gasteiger partial charge in [-0.15, -0.1) is 0 Å². The minimum atomic E-state index is -0.415. The molecule has 0 aliphatic carbocycles. The molecule has 2 aromatic carbocycles. The summed E-state index contributed by atoms with van der Waals surface area (Å²) in [6.45, 7) is 9.99. The highest BCUT2D eigenvalue weighted by Crippen LogP contribution is 2.25. The normalized spacial score (nSPS) is 12.1. The van der Waals surface area contributed by atoms with Crippen molar-refractivity contribution in [3.8, 4) is 5.75 Å². The molecule has 0 radical (unpaired) electrons. The number of hydrogen-bond donors (Lipinski definition) is 2. The van der Waals surface area contributed by atoms with Gasteiger partial charge in [-0.25, -0.2) is 4.79 Å². The quantitative estimate of drug-likeness (QED) is 0.266. The number of fused-ring (bicyclic) bond motifs is 2. The number of aromatic nitrogens is 1. The second-order valence-electron chi connectivity index (χ2n) is 8.93. The number of rotatable bonds is 9. The first-order chi connectivity index (χ1) is 16.3. The molecule has 1 amide bonds. The van der Waals surface area contributed by atoms with Crippen LogP contribution in [0.25, 0.3) is 21.9 Å². The average Bonchev–Trinajstić information content (AvgIpc) is 3.20. The van der Waals surface area contributed by atoms with Gasteiger partial charge in [0.25, 0.3) is 0 Å². The molecule has 0 spiro atoms. The molecule has 2 N–H and O–H groups in total. The summed E-state index contributed by atoms with van der Waals surface area (Å²) in [4.78, 5) is 28.5. The van der Waals surface area contributed by atoms with E-state index < -0.39 is 5.63 Å². The van der Waals surface area contributed by atoms with Crippen LogP contribution in [0.2, 0.25) is 0 Å². The van der Waals surface area contributed by atoms with Crippen molar-refractivity contribution in [3.63, 3.8) is 0 Å². The van der Waals surface area contributed by atoms with Gasteiger partial charge in [0.05, 0.1) is 0 Å². The van der Waals surface area contributed by atoms with E-state index in [2.05, 4.69) is 22.9 Å². The van der Waals surface area contributed by atoms with Crippen LogP contribution in [0.5, 0.6) is 5.75 Å². The summed E-state index contributed by atoms with van der Waals surface area (Å²) in [6.07, 6.45) is 3.26. The molecule has 34 heavy (non-hydrogen) atoms. The van der Waals surface area contributed by atoms with Crippen molar-refractivity contribution in [3.05, 3.63) is 87.9 Å². The molecule has 4 aromatic rings. The van der Waals surface area contributed by atoms with Crippen LogP contribution in [-0.2, 0) is 17.6 Å². The highest BCUT2D eigenvalue weighted by molar-refractivity contribution is 5.84. The first-order valence-electron chi connectivity index (χ1n) is 11.5. The molecule has 6 heteroatoms. The molecule has 0 fully saturated rings. The molecule has 0 aliphatic rings. The number of carbonyl (C=O) groups excluding carboxylic acids is 1. The first-order valence-corrected chi connectivity index (χ1v) is 11.5. The standard InChI is InChI=1S/C28H30N2O4/c1-17(2)16-33-21-9-10-22-19(4)23(28(32)34-26(22)14-21)11-12-27(31)30-18(3)13-20-15-29-25-8-6-5-7-24(20)25/h5-10,14-15,18,29H,1,11-13,16H2,2-4H3,(H,30,31)/t18-/m1/s1. The molecule has 0 unspecified atom stereocenters. The monoisotopic (exact) mass is 458 g/mol. The second-order valence-corrected chi connectivity index (χ2v) is 8.93. The van der Waals surface area contributed by atoms with Crippen LogP contribution in [-0.4, -0.2) is 23.5 Å². The molecule has 0 saturated carbocycles. The van der Waals surface area contributed by atoms with Gasteiger partial charge in [-0.2, -0.15) is 0 Å². The summed E-state index contributed by atoms with van der Waals surface area (Å²) in [5.74, 6) is 0.532. The van der Waals surface area contributed by atoms with E-state index in [1.165, 1.54) is 10.9 Å². The van der Waals surface area contributed by atoms with Crippen LogP contribution in [0.4, 0.5) is 0 Å². The van der Waals surface area contributed by atoms with Crippen molar-refractivity contribution in [2.45, 2.75) is 46.1 Å². The van der Waals surface area contributed by atoms with E-state index in [9.17, 15) is 9.59 Å². The maximum absolute atomic E-state index is 12.6. The zero-order chi connectivity index (χ0) is 24.2. The number of hydrogen-bond acceptors (Lipinski definition) is 4. The maximum Gasteiger partial charge on any atom is 0.339 e. The number of para-hydroxylation sites is 1. The van der Waals surface area contributed by atoms with Crippen LogP contribution < -0.4 is 15.7 Å². The fraction of sp³-hybridized carbons (Fsp3) is 0.286. The Morgan fingerprint density at radius 1 is 1.21 bits per heavy atom. The zero-order valence-electron chi connectivity index (χ0n) is 19.9. The van der Waals surface area contributed by atoms with Crippen LogP contribution >= 0.6 is 0 Å². The number of benzene rings is 2. The fourth-order valence-electron chi connectivity index (χ4n) is 4.23. The predicted octanol–water partition coefficient (Wildman–Crippen LogP) is 5.22.